The molecular weight excluding hydrogens is 288 g/mol. The molecule has 2 aliphatic rings. The molecule has 4 rings (SSSR count). The fraction of sp³-hybridized carbons (Fsp3) is 0.643. The summed E-state index contributed by atoms with van der Waals surface area (Å²) in [6, 6.07) is 0. The third kappa shape index (κ3) is 2.86. The molecule has 6 nitrogen and oxygen atoms in total. The largest absolute Gasteiger partial charge is 0.426 e. The average molecular weight is 306 g/mol. The van der Waals surface area contributed by atoms with Crippen LogP contribution in [0.3, 0.4) is 0 Å². The highest BCUT2D eigenvalue weighted by molar-refractivity contribution is 7.09. The van der Waals surface area contributed by atoms with Gasteiger partial charge in [0, 0.05) is 37.5 Å². The second-order valence-electron chi connectivity index (χ2n) is 5.83. The van der Waals surface area contributed by atoms with E-state index in [1.165, 1.54) is 5.01 Å². The maximum absolute atomic E-state index is 6.16. The molecule has 0 saturated carbocycles. The van der Waals surface area contributed by atoms with E-state index in [1.807, 2.05) is 18.5 Å². The van der Waals surface area contributed by atoms with Crippen LogP contribution in [0.2, 0.25) is 0 Å². The minimum absolute atomic E-state index is 0.224. The van der Waals surface area contributed by atoms with Gasteiger partial charge in [-0.3, -0.25) is 4.90 Å². The van der Waals surface area contributed by atoms with Gasteiger partial charge in [-0.2, -0.15) is 0 Å². The maximum Gasteiger partial charge on any atom is 0.219 e. The van der Waals surface area contributed by atoms with Crippen molar-refractivity contribution in [2.45, 2.75) is 38.5 Å². The van der Waals surface area contributed by atoms with Crippen molar-refractivity contribution in [3.05, 3.63) is 28.4 Å². The molecule has 4 heterocycles. The zero-order valence-corrected chi connectivity index (χ0v) is 12.8. The monoisotopic (exact) mass is 306 g/mol. The quantitative estimate of drug-likeness (QED) is 0.856. The molecule has 0 radical (unpaired) electrons. The van der Waals surface area contributed by atoms with Crippen molar-refractivity contribution in [2.75, 3.05) is 13.1 Å². The fourth-order valence-corrected chi connectivity index (χ4v) is 4.00. The molecule has 21 heavy (non-hydrogen) atoms. The van der Waals surface area contributed by atoms with Gasteiger partial charge in [-0.05, 0) is 6.42 Å². The Labute approximate surface area is 127 Å². The van der Waals surface area contributed by atoms with Crippen LogP contribution in [0.25, 0.3) is 0 Å². The molecule has 0 aromatic carbocycles. The van der Waals surface area contributed by atoms with Crippen molar-refractivity contribution in [3.8, 4) is 0 Å². The molecule has 0 amide bonds. The lowest BCUT2D eigenvalue weighted by Crippen LogP contribution is -2.25. The molecule has 0 unspecified atom stereocenters. The standard InChI is InChI=1S/C14H18N4O2S/c1-9-16-17-13(19-9)5-11-4-10-6-18(7-12(10)20-11)8-14-15-2-3-21-14/h2-3,10-12H,4-8H2,1H3/t10-,11+,12+/m0/s1. The Bertz CT molecular complexity index is 586. The predicted octanol–water partition coefficient (Wildman–Crippen LogP) is 1.67. The van der Waals surface area contributed by atoms with Gasteiger partial charge in [-0.1, -0.05) is 0 Å². The highest BCUT2D eigenvalue weighted by Crippen LogP contribution is 2.34. The summed E-state index contributed by atoms with van der Waals surface area (Å²) in [5, 5.41) is 11.1. The van der Waals surface area contributed by atoms with Crippen molar-refractivity contribution in [1.29, 1.82) is 0 Å². The molecule has 2 fully saturated rings. The van der Waals surface area contributed by atoms with Gasteiger partial charge in [0.05, 0.1) is 25.2 Å². The number of hydrogen-bond acceptors (Lipinski definition) is 7. The van der Waals surface area contributed by atoms with E-state index in [4.69, 9.17) is 9.15 Å². The van der Waals surface area contributed by atoms with Crippen LogP contribution in [-0.4, -0.2) is 45.4 Å². The Morgan fingerprint density at radius 3 is 3.05 bits per heavy atom. The van der Waals surface area contributed by atoms with Gasteiger partial charge in [0.2, 0.25) is 11.8 Å². The summed E-state index contributed by atoms with van der Waals surface area (Å²) in [6.45, 7) is 4.87. The van der Waals surface area contributed by atoms with Gasteiger partial charge in [-0.15, -0.1) is 21.5 Å². The lowest BCUT2D eigenvalue weighted by Gasteiger charge is -2.17. The summed E-state index contributed by atoms with van der Waals surface area (Å²) in [5.74, 6) is 1.94. The minimum Gasteiger partial charge on any atom is -0.426 e. The number of nitrogens with zero attached hydrogens (tertiary/aromatic N) is 4. The summed E-state index contributed by atoms with van der Waals surface area (Å²) in [5.41, 5.74) is 0. The fourth-order valence-electron chi connectivity index (χ4n) is 3.35. The molecule has 7 heteroatoms. The zero-order chi connectivity index (χ0) is 14.2. The van der Waals surface area contributed by atoms with Crippen LogP contribution < -0.4 is 0 Å². The van der Waals surface area contributed by atoms with E-state index in [2.05, 4.69) is 20.1 Å². The minimum atomic E-state index is 0.224. The van der Waals surface area contributed by atoms with Crippen molar-refractivity contribution in [3.63, 3.8) is 0 Å². The van der Waals surface area contributed by atoms with E-state index >= 15 is 0 Å². The molecule has 3 atom stereocenters. The third-order valence-electron chi connectivity index (χ3n) is 4.20. The van der Waals surface area contributed by atoms with E-state index in [1.54, 1.807) is 11.3 Å². The molecule has 112 valence electrons. The SMILES string of the molecule is Cc1nnc(C[C@H]2C[C@H]3CN(Cc4nccs4)C[C@H]3O2)o1. The molecule has 0 N–H and O–H groups in total. The van der Waals surface area contributed by atoms with E-state index in [0.717, 1.165) is 32.5 Å². The topological polar surface area (TPSA) is 64.3 Å². The van der Waals surface area contributed by atoms with E-state index in [-0.39, 0.29) is 6.10 Å². The first kappa shape index (κ1) is 13.4. The first-order valence-electron chi connectivity index (χ1n) is 7.31. The molecule has 2 aromatic rings. The molecule has 2 aliphatic heterocycles. The number of likely N-dealkylation sites (tertiary alicyclic amines) is 1. The van der Waals surface area contributed by atoms with Crippen LogP contribution in [0.5, 0.6) is 0 Å². The van der Waals surface area contributed by atoms with Gasteiger partial charge in [0.25, 0.3) is 0 Å². The average Bonchev–Trinajstić information content (AvgIpc) is 3.16. The lowest BCUT2D eigenvalue weighted by atomic mass is 10.0. The Morgan fingerprint density at radius 2 is 2.33 bits per heavy atom. The highest BCUT2D eigenvalue weighted by Gasteiger charge is 2.42. The van der Waals surface area contributed by atoms with Gasteiger partial charge in [0.1, 0.15) is 5.01 Å². The van der Waals surface area contributed by atoms with Crippen molar-refractivity contribution in [1.82, 2.24) is 20.1 Å². The lowest BCUT2D eigenvalue weighted by molar-refractivity contribution is 0.0349. The maximum atomic E-state index is 6.16. The molecule has 2 aromatic heterocycles. The first-order chi connectivity index (χ1) is 10.3. The number of rotatable bonds is 4. The number of thiazole rings is 1. The molecular formula is C14H18N4O2S. The summed E-state index contributed by atoms with van der Waals surface area (Å²) in [4.78, 5) is 6.80. The van der Waals surface area contributed by atoms with Crippen molar-refractivity contribution >= 4 is 11.3 Å². The van der Waals surface area contributed by atoms with Gasteiger partial charge in [-0.25, -0.2) is 4.98 Å². The smallest absolute Gasteiger partial charge is 0.219 e. The van der Waals surface area contributed by atoms with E-state index < -0.39 is 0 Å². The van der Waals surface area contributed by atoms with Crippen LogP contribution in [0.15, 0.2) is 16.0 Å². The van der Waals surface area contributed by atoms with Gasteiger partial charge >= 0.3 is 0 Å². The first-order valence-corrected chi connectivity index (χ1v) is 8.19. The second kappa shape index (κ2) is 5.47. The number of aromatic nitrogens is 3. The molecule has 0 spiro atoms. The van der Waals surface area contributed by atoms with Crippen LogP contribution in [0.4, 0.5) is 0 Å². The number of fused-ring (bicyclic) bond motifs is 1. The van der Waals surface area contributed by atoms with Crippen LogP contribution in [0.1, 0.15) is 23.2 Å². The van der Waals surface area contributed by atoms with Crippen LogP contribution in [0, 0.1) is 12.8 Å². The summed E-state index contributed by atoms with van der Waals surface area (Å²) >= 11 is 1.72. The van der Waals surface area contributed by atoms with Gasteiger partial charge < -0.3 is 9.15 Å². The third-order valence-corrected chi connectivity index (χ3v) is 4.97. The number of aryl methyl sites for hydroxylation is 1. The summed E-state index contributed by atoms with van der Waals surface area (Å²) < 4.78 is 11.6. The summed E-state index contributed by atoms with van der Waals surface area (Å²) in [7, 11) is 0. The zero-order valence-electron chi connectivity index (χ0n) is 11.9. The Morgan fingerprint density at radius 1 is 1.38 bits per heavy atom. The Balaban J connectivity index is 1.31. The van der Waals surface area contributed by atoms with Crippen molar-refractivity contribution in [2.24, 2.45) is 5.92 Å². The predicted molar refractivity (Wildman–Crippen MR) is 76.9 cm³/mol. The van der Waals surface area contributed by atoms with Crippen LogP contribution >= 0.6 is 11.3 Å². The van der Waals surface area contributed by atoms with Crippen LogP contribution in [-0.2, 0) is 17.7 Å². The molecule has 0 bridgehead atoms. The molecule has 0 aliphatic carbocycles. The second-order valence-corrected chi connectivity index (χ2v) is 6.81. The highest BCUT2D eigenvalue weighted by atomic mass is 32.1. The van der Waals surface area contributed by atoms with Crippen molar-refractivity contribution < 1.29 is 9.15 Å². The molecule has 2 saturated heterocycles. The normalized spacial score (nSPS) is 29.1. The van der Waals surface area contributed by atoms with E-state index in [9.17, 15) is 0 Å². The van der Waals surface area contributed by atoms with Gasteiger partial charge in [0.15, 0.2) is 0 Å². The number of hydrogen-bond donors (Lipinski definition) is 0. The Kier molecular flexibility index (Phi) is 3.48. The number of ether oxygens (including phenoxy) is 1. The van der Waals surface area contributed by atoms with E-state index in [0.29, 0.717) is 23.8 Å². The summed E-state index contributed by atoms with van der Waals surface area (Å²) in [6.07, 6.45) is 4.26. The Hall–Kier alpha value is -1.31.